The van der Waals surface area contributed by atoms with E-state index in [1.54, 1.807) is 23.1 Å². The Labute approximate surface area is 166 Å². The van der Waals surface area contributed by atoms with E-state index in [-0.39, 0.29) is 17.2 Å². The Balaban J connectivity index is 1.72. The molecule has 8 heteroatoms. The monoisotopic (exact) mass is 396 g/mol. The van der Waals surface area contributed by atoms with Gasteiger partial charge in [0.05, 0.1) is 29.9 Å². The Hall–Kier alpha value is -2.71. The number of benzene rings is 1. The van der Waals surface area contributed by atoms with Crippen molar-refractivity contribution in [3.63, 3.8) is 0 Å². The summed E-state index contributed by atoms with van der Waals surface area (Å²) in [5, 5.41) is 0.984. The van der Waals surface area contributed by atoms with Crippen LogP contribution in [0.1, 0.15) is 5.69 Å². The highest BCUT2D eigenvalue weighted by Gasteiger charge is 2.20. The molecule has 1 saturated heterocycles. The summed E-state index contributed by atoms with van der Waals surface area (Å²) in [4.78, 5) is 36.6. The second-order valence-corrected chi connectivity index (χ2v) is 7.41. The fourth-order valence-electron chi connectivity index (χ4n) is 3.09. The van der Waals surface area contributed by atoms with Gasteiger partial charge in [-0.2, -0.15) is 0 Å². The molecule has 1 fully saturated rings. The van der Waals surface area contributed by atoms with Gasteiger partial charge in [0.1, 0.15) is 5.82 Å². The molecule has 0 atom stereocenters. The molecule has 4 rings (SSSR count). The number of aromatic nitrogens is 3. The zero-order valence-electron chi connectivity index (χ0n) is 15.5. The molecule has 1 aliphatic heterocycles. The number of pyridine rings is 1. The highest BCUT2D eigenvalue weighted by molar-refractivity contribution is 7.99. The van der Waals surface area contributed by atoms with Crippen LogP contribution in [-0.4, -0.2) is 57.4 Å². The van der Waals surface area contributed by atoms with Gasteiger partial charge in [-0.1, -0.05) is 30.0 Å². The average Bonchev–Trinajstić information content (AvgIpc) is 2.73. The number of nitrogens with zero attached hydrogens (tertiary/aromatic N) is 4. The fourth-order valence-corrected chi connectivity index (χ4v) is 4.00. The minimum atomic E-state index is -0.190. The number of thioether (sulfide) groups is 1. The molecule has 144 valence electrons. The van der Waals surface area contributed by atoms with Crippen molar-refractivity contribution in [3.8, 4) is 5.82 Å². The number of ether oxygens (including phenoxy) is 1. The number of aryl methyl sites for hydroxylation is 1. The molecular weight excluding hydrogens is 376 g/mol. The lowest BCUT2D eigenvalue weighted by Crippen LogP contribution is -2.41. The molecule has 0 aliphatic carbocycles. The lowest BCUT2D eigenvalue weighted by molar-refractivity contribution is -0.132. The van der Waals surface area contributed by atoms with E-state index in [9.17, 15) is 9.59 Å². The van der Waals surface area contributed by atoms with E-state index in [1.165, 1.54) is 16.3 Å². The minimum Gasteiger partial charge on any atom is -0.378 e. The molecule has 2 aromatic heterocycles. The molecule has 1 aliphatic rings. The number of amides is 1. The van der Waals surface area contributed by atoms with Crippen LogP contribution in [0.25, 0.3) is 16.7 Å². The molecule has 0 unspecified atom stereocenters. The minimum absolute atomic E-state index is 0.0134. The molecule has 0 bridgehead atoms. The van der Waals surface area contributed by atoms with Gasteiger partial charge in [-0.15, -0.1) is 0 Å². The molecule has 1 aromatic carbocycles. The van der Waals surface area contributed by atoms with E-state index in [4.69, 9.17) is 4.74 Å². The third kappa shape index (κ3) is 3.79. The molecular formula is C20H20N4O3S. The molecule has 0 N–H and O–H groups in total. The van der Waals surface area contributed by atoms with Crippen molar-refractivity contribution >= 4 is 28.6 Å². The maximum Gasteiger partial charge on any atom is 0.267 e. The average molecular weight is 396 g/mol. The number of rotatable bonds is 4. The predicted octanol–water partition coefficient (Wildman–Crippen LogP) is 2.04. The summed E-state index contributed by atoms with van der Waals surface area (Å²) in [5.74, 6) is 0.723. The zero-order valence-corrected chi connectivity index (χ0v) is 16.3. The van der Waals surface area contributed by atoms with Crippen LogP contribution >= 0.6 is 11.8 Å². The normalized spacial score (nSPS) is 14.4. The van der Waals surface area contributed by atoms with Crippen molar-refractivity contribution in [2.45, 2.75) is 12.1 Å². The van der Waals surface area contributed by atoms with Crippen LogP contribution in [0.3, 0.4) is 0 Å². The van der Waals surface area contributed by atoms with E-state index in [1.807, 2.05) is 31.2 Å². The number of para-hydroxylation sites is 1. The van der Waals surface area contributed by atoms with Gasteiger partial charge in [-0.25, -0.2) is 14.5 Å². The molecule has 28 heavy (non-hydrogen) atoms. The van der Waals surface area contributed by atoms with Crippen LogP contribution in [0, 0.1) is 6.92 Å². The molecule has 3 aromatic rings. The summed E-state index contributed by atoms with van der Waals surface area (Å²) >= 11 is 1.26. The van der Waals surface area contributed by atoms with Crippen molar-refractivity contribution in [3.05, 3.63) is 58.5 Å². The van der Waals surface area contributed by atoms with Crippen molar-refractivity contribution in [1.29, 1.82) is 0 Å². The standard InChI is InChI=1S/C20H20N4O3S/c1-14-5-4-8-17(21-14)24-19(26)15-6-2-3-7-16(15)22-20(24)28-13-18(25)23-9-11-27-12-10-23/h2-8H,9-13H2,1H3. The molecule has 0 spiro atoms. The number of fused-ring (bicyclic) bond motifs is 1. The van der Waals surface area contributed by atoms with Crippen molar-refractivity contribution < 1.29 is 9.53 Å². The van der Waals surface area contributed by atoms with Crippen molar-refractivity contribution in [2.75, 3.05) is 32.1 Å². The summed E-state index contributed by atoms with van der Waals surface area (Å²) in [5.41, 5.74) is 1.22. The van der Waals surface area contributed by atoms with Gasteiger partial charge in [-0.05, 0) is 31.2 Å². The first-order valence-electron chi connectivity index (χ1n) is 9.07. The first-order valence-corrected chi connectivity index (χ1v) is 10.1. The van der Waals surface area contributed by atoms with Crippen LogP contribution in [-0.2, 0) is 9.53 Å². The van der Waals surface area contributed by atoms with Gasteiger partial charge < -0.3 is 9.64 Å². The summed E-state index contributed by atoms with van der Waals surface area (Å²) < 4.78 is 6.79. The summed E-state index contributed by atoms with van der Waals surface area (Å²) in [7, 11) is 0. The predicted molar refractivity (Wildman–Crippen MR) is 108 cm³/mol. The Morgan fingerprint density at radius 3 is 2.68 bits per heavy atom. The topological polar surface area (TPSA) is 77.3 Å². The van der Waals surface area contributed by atoms with E-state index >= 15 is 0 Å². The van der Waals surface area contributed by atoms with Crippen LogP contribution in [0.2, 0.25) is 0 Å². The molecule has 0 radical (unpaired) electrons. The largest absolute Gasteiger partial charge is 0.378 e. The Morgan fingerprint density at radius 2 is 1.89 bits per heavy atom. The lowest BCUT2D eigenvalue weighted by Gasteiger charge is -2.26. The lowest BCUT2D eigenvalue weighted by atomic mass is 10.2. The smallest absolute Gasteiger partial charge is 0.267 e. The van der Waals surface area contributed by atoms with Crippen molar-refractivity contribution in [2.24, 2.45) is 0 Å². The van der Waals surface area contributed by atoms with E-state index in [2.05, 4.69) is 9.97 Å². The van der Waals surface area contributed by atoms with Gasteiger partial charge in [0.2, 0.25) is 5.91 Å². The molecule has 0 saturated carbocycles. The number of carbonyl (C=O) groups excluding carboxylic acids is 1. The SMILES string of the molecule is Cc1cccc(-n2c(SCC(=O)N3CCOCC3)nc3ccccc3c2=O)n1. The molecule has 3 heterocycles. The summed E-state index contributed by atoms with van der Waals surface area (Å²) in [6.07, 6.45) is 0. The fraction of sp³-hybridized carbons (Fsp3) is 0.300. The molecule has 7 nitrogen and oxygen atoms in total. The van der Waals surface area contributed by atoms with Gasteiger partial charge in [0, 0.05) is 18.8 Å². The Kier molecular flexibility index (Phi) is 5.40. The number of morpholine rings is 1. The Morgan fingerprint density at radius 1 is 1.11 bits per heavy atom. The van der Waals surface area contributed by atoms with Crippen LogP contribution < -0.4 is 5.56 Å². The molecule has 1 amide bonds. The van der Waals surface area contributed by atoms with Gasteiger partial charge in [0.25, 0.3) is 5.56 Å². The van der Waals surface area contributed by atoms with Crippen LogP contribution in [0.4, 0.5) is 0 Å². The zero-order chi connectivity index (χ0) is 19.5. The third-order valence-electron chi connectivity index (χ3n) is 4.54. The first kappa shape index (κ1) is 18.6. The van der Waals surface area contributed by atoms with E-state index < -0.39 is 0 Å². The van der Waals surface area contributed by atoms with E-state index in [0.717, 1.165) is 5.69 Å². The second kappa shape index (κ2) is 8.12. The number of hydrogen-bond donors (Lipinski definition) is 0. The highest BCUT2D eigenvalue weighted by atomic mass is 32.2. The maximum absolute atomic E-state index is 13.2. The number of carbonyl (C=O) groups is 1. The summed E-state index contributed by atoms with van der Waals surface area (Å²) in [6, 6.07) is 12.7. The Bertz CT molecular complexity index is 1080. The maximum atomic E-state index is 13.2. The highest BCUT2D eigenvalue weighted by Crippen LogP contribution is 2.21. The quantitative estimate of drug-likeness (QED) is 0.496. The van der Waals surface area contributed by atoms with Crippen LogP contribution in [0.5, 0.6) is 0 Å². The third-order valence-corrected chi connectivity index (χ3v) is 5.46. The van der Waals surface area contributed by atoms with Gasteiger partial charge in [-0.3, -0.25) is 9.59 Å². The van der Waals surface area contributed by atoms with Gasteiger partial charge in [0.15, 0.2) is 5.16 Å². The van der Waals surface area contributed by atoms with Crippen molar-refractivity contribution in [1.82, 2.24) is 19.4 Å². The van der Waals surface area contributed by atoms with E-state index in [0.29, 0.717) is 48.2 Å². The van der Waals surface area contributed by atoms with Gasteiger partial charge >= 0.3 is 0 Å². The second-order valence-electron chi connectivity index (χ2n) is 6.47. The number of hydrogen-bond acceptors (Lipinski definition) is 6. The summed E-state index contributed by atoms with van der Waals surface area (Å²) in [6.45, 7) is 4.18. The first-order chi connectivity index (χ1) is 13.6. The van der Waals surface area contributed by atoms with Crippen LogP contribution in [0.15, 0.2) is 52.4 Å².